The Kier molecular flexibility index (Phi) is 5.44. The summed E-state index contributed by atoms with van der Waals surface area (Å²) in [6, 6.07) is 21.2. The molecule has 5 rings (SSSR count). The first-order valence-electron chi connectivity index (χ1n) is 10.1. The normalized spacial score (nSPS) is 11.0. The summed E-state index contributed by atoms with van der Waals surface area (Å²) < 4.78 is 8.84. The highest BCUT2D eigenvalue weighted by molar-refractivity contribution is 6.31. The molecule has 0 fully saturated rings. The van der Waals surface area contributed by atoms with Crippen LogP contribution in [0.25, 0.3) is 22.2 Å². The predicted octanol–water partition coefficient (Wildman–Crippen LogP) is 5.01. The van der Waals surface area contributed by atoms with Gasteiger partial charge in [-0.1, -0.05) is 35.9 Å². The van der Waals surface area contributed by atoms with Crippen LogP contribution in [0.2, 0.25) is 5.02 Å². The fourth-order valence-corrected chi connectivity index (χ4v) is 3.82. The maximum atomic E-state index is 11.4. The standard InChI is InChI=1S/C25H19ClN4O2/c26-22-6-2-1-4-20(22)16-30-24-14-19(18-9-12-29(31)13-10-18)7-8-23(24)28-25(30)17-32-21-5-3-11-27-15-21/h1-15H,16-17H2. The number of hydrogen-bond acceptors (Lipinski definition) is 4. The minimum Gasteiger partial charge on any atom is -0.619 e. The van der Waals surface area contributed by atoms with Gasteiger partial charge in [0.15, 0.2) is 12.4 Å². The van der Waals surface area contributed by atoms with Crippen molar-refractivity contribution in [2.24, 2.45) is 0 Å². The van der Waals surface area contributed by atoms with Crippen LogP contribution in [-0.2, 0) is 13.2 Å². The molecule has 3 aromatic heterocycles. The van der Waals surface area contributed by atoms with Gasteiger partial charge >= 0.3 is 0 Å². The first-order valence-corrected chi connectivity index (χ1v) is 10.5. The molecule has 158 valence electrons. The third-order valence-electron chi connectivity index (χ3n) is 5.25. The Hall–Kier alpha value is -3.90. The van der Waals surface area contributed by atoms with Crippen molar-refractivity contribution in [3.63, 3.8) is 0 Å². The van der Waals surface area contributed by atoms with Gasteiger partial charge in [0.2, 0.25) is 0 Å². The van der Waals surface area contributed by atoms with Crippen LogP contribution < -0.4 is 9.47 Å². The van der Waals surface area contributed by atoms with Crippen molar-refractivity contribution < 1.29 is 9.47 Å². The third-order valence-corrected chi connectivity index (χ3v) is 5.62. The van der Waals surface area contributed by atoms with Gasteiger partial charge in [0.05, 0.1) is 23.8 Å². The highest BCUT2D eigenvalue weighted by Gasteiger charge is 2.15. The molecule has 0 aliphatic heterocycles. The molecule has 0 aliphatic rings. The molecule has 32 heavy (non-hydrogen) atoms. The van der Waals surface area contributed by atoms with E-state index < -0.39 is 0 Å². The van der Waals surface area contributed by atoms with Gasteiger partial charge in [-0.3, -0.25) is 4.98 Å². The summed E-state index contributed by atoms with van der Waals surface area (Å²) in [7, 11) is 0. The van der Waals surface area contributed by atoms with E-state index in [2.05, 4.69) is 15.6 Å². The van der Waals surface area contributed by atoms with E-state index in [-0.39, 0.29) is 0 Å². The van der Waals surface area contributed by atoms with E-state index in [4.69, 9.17) is 21.3 Å². The number of fused-ring (bicyclic) bond motifs is 1. The fraction of sp³-hybridized carbons (Fsp3) is 0.0800. The van der Waals surface area contributed by atoms with Crippen LogP contribution in [0.5, 0.6) is 5.75 Å². The second-order valence-corrected chi connectivity index (χ2v) is 7.74. The monoisotopic (exact) mass is 442 g/mol. The Morgan fingerprint density at radius 2 is 1.81 bits per heavy atom. The highest BCUT2D eigenvalue weighted by Crippen LogP contribution is 2.27. The average molecular weight is 443 g/mol. The molecule has 3 heterocycles. The summed E-state index contributed by atoms with van der Waals surface area (Å²) in [5.74, 6) is 1.46. The van der Waals surface area contributed by atoms with E-state index in [0.29, 0.717) is 23.9 Å². The summed E-state index contributed by atoms with van der Waals surface area (Å²) in [4.78, 5) is 8.92. The summed E-state index contributed by atoms with van der Waals surface area (Å²) in [5.41, 5.74) is 4.77. The van der Waals surface area contributed by atoms with Gasteiger partial charge < -0.3 is 14.5 Å². The number of benzene rings is 2. The van der Waals surface area contributed by atoms with E-state index in [1.165, 1.54) is 12.4 Å². The van der Waals surface area contributed by atoms with E-state index in [1.807, 2.05) is 48.5 Å². The van der Waals surface area contributed by atoms with Crippen LogP contribution >= 0.6 is 11.6 Å². The van der Waals surface area contributed by atoms with Crippen LogP contribution in [0.4, 0.5) is 0 Å². The smallest absolute Gasteiger partial charge is 0.180 e. The molecule has 0 radical (unpaired) electrons. The molecule has 6 nitrogen and oxygen atoms in total. The van der Waals surface area contributed by atoms with Gasteiger partial charge in [0.1, 0.15) is 18.2 Å². The molecule has 0 N–H and O–H groups in total. The first kappa shape index (κ1) is 20.0. The van der Waals surface area contributed by atoms with E-state index in [1.54, 1.807) is 24.5 Å². The van der Waals surface area contributed by atoms with E-state index in [0.717, 1.165) is 38.3 Å². The molecule has 0 saturated carbocycles. The zero-order chi connectivity index (χ0) is 21.9. The lowest BCUT2D eigenvalue weighted by Gasteiger charge is -2.12. The lowest BCUT2D eigenvalue weighted by Crippen LogP contribution is -2.23. The largest absolute Gasteiger partial charge is 0.619 e. The first-order chi connectivity index (χ1) is 15.7. The number of ether oxygens (including phenoxy) is 1. The summed E-state index contributed by atoms with van der Waals surface area (Å²) in [6.45, 7) is 0.850. The molecule has 0 aliphatic carbocycles. The maximum Gasteiger partial charge on any atom is 0.180 e. The minimum absolute atomic E-state index is 0.293. The molecule has 0 spiro atoms. The lowest BCUT2D eigenvalue weighted by atomic mass is 10.1. The van der Waals surface area contributed by atoms with E-state index >= 15 is 0 Å². The molecule has 7 heteroatoms. The number of rotatable bonds is 6. The number of imidazole rings is 1. The molecule has 0 saturated heterocycles. The molecule has 0 atom stereocenters. The third kappa shape index (κ3) is 4.13. The second-order valence-electron chi connectivity index (χ2n) is 7.33. The molecular formula is C25H19ClN4O2. The van der Waals surface area contributed by atoms with Crippen LogP contribution in [0, 0.1) is 5.21 Å². The molecule has 0 amide bonds. The zero-order valence-corrected chi connectivity index (χ0v) is 17.8. The Morgan fingerprint density at radius 1 is 0.969 bits per heavy atom. The summed E-state index contributed by atoms with van der Waals surface area (Å²) in [5, 5.41) is 12.1. The fourth-order valence-electron chi connectivity index (χ4n) is 3.62. The zero-order valence-electron chi connectivity index (χ0n) is 17.1. The Morgan fingerprint density at radius 3 is 2.59 bits per heavy atom. The topological polar surface area (TPSA) is 66.9 Å². The van der Waals surface area contributed by atoms with Gasteiger partial charge in [-0.2, -0.15) is 4.73 Å². The van der Waals surface area contributed by atoms with Gasteiger partial charge in [0.25, 0.3) is 0 Å². The molecule has 0 unspecified atom stereocenters. The number of nitrogens with zero attached hydrogens (tertiary/aromatic N) is 4. The second kappa shape index (κ2) is 8.69. The summed E-state index contributed by atoms with van der Waals surface area (Å²) >= 11 is 6.45. The van der Waals surface area contributed by atoms with E-state index in [9.17, 15) is 5.21 Å². The lowest BCUT2D eigenvalue weighted by molar-refractivity contribution is -0.605. The quantitative estimate of drug-likeness (QED) is 0.274. The maximum absolute atomic E-state index is 11.4. The van der Waals surface area contributed by atoms with Gasteiger partial charge in [-0.15, -0.1) is 0 Å². The van der Waals surface area contributed by atoms with Crippen molar-refractivity contribution in [2.45, 2.75) is 13.2 Å². The number of halogens is 1. The van der Waals surface area contributed by atoms with Crippen molar-refractivity contribution in [1.29, 1.82) is 0 Å². The van der Waals surface area contributed by atoms with Crippen LogP contribution in [0.15, 0.2) is 91.5 Å². The highest BCUT2D eigenvalue weighted by atomic mass is 35.5. The number of hydrogen-bond donors (Lipinski definition) is 0. The molecule has 2 aromatic carbocycles. The van der Waals surface area contributed by atoms with Crippen LogP contribution in [0.3, 0.4) is 0 Å². The Labute approximate surface area is 189 Å². The van der Waals surface area contributed by atoms with Gasteiger partial charge in [0, 0.05) is 23.4 Å². The molecular weight excluding hydrogens is 424 g/mol. The van der Waals surface area contributed by atoms with Gasteiger partial charge in [-0.25, -0.2) is 4.98 Å². The van der Waals surface area contributed by atoms with Crippen LogP contribution in [0.1, 0.15) is 11.4 Å². The Bertz CT molecular complexity index is 1370. The number of pyridine rings is 2. The average Bonchev–Trinajstić information content (AvgIpc) is 3.17. The SMILES string of the molecule is [O-][n+]1ccc(-c2ccc3nc(COc4cccnc4)n(Cc4ccccc4Cl)c3c2)cc1. The predicted molar refractivity (Wildman–Crippen MR) is 123 cm³/mol. The van der Waals surface area contributed by atoms with Crippen LogP contribution in [-0.4, -0.2) is 14.5 Å². The van der Waals surface area contributed by atoms with Crippen molar-refractivity contribution in [2.75, 3.05) is 0 Å². The van der Waals surface area contributed by atoms with Crippen molar-refractivity contribution in [3.8, 4) is 16.9 Å². The summed E-state index contributed by atoms with van der Waals surface area (Å²) in [6.07, 6.45) is 6.37. The van der Waals surface area contributed by atoms with Gasteiger partial charge in [-0.05, 0) is 47.0 Å². The minimum atomic E-state index is 0.293. The van der Waals surface area contributed by atoms with Crippen molar-refractivity contribution >= 4 is 22.6 Å². The molecule has 5 aromatic rings. The van der Waals surface area contributed by atoms with Crippen molar-refractivity contribution in [1.82, 2.24) is 14.5 Å². The van der Waals surface area contributed by atoms with Crippen molar-refractivity contribution in [3.05, 3.63) is 113 Å². The molecule has 0 bridgehead atoms. The number of aromatic nitrogens is 4. The Balaban J connectivity index is 1.57.